The number of nitro groups is 1. The molecule has 0 saturated heterocycles. The van der Waals surface area contributed by atoms with Gasteiger partial charge in [0.2, 0.25) is 0 Å². The Bertz CT molecular complexity index is 1010. The fourth-order valence-electron chi connectivity index (χ4n) is 3.00. The summed E-state index contributed by atoms with van der Waals surface area (Å²) >= 11 is 5.85. The number of benzene rings is 3. The molecule has 0 spiro atoms. The van der Waals surface area contributed by atoms with E-state index in [-0.39, 0.29) is 16.3 Å². The molecule has 0 bridgehead atoms. The summed E-state index contributed by atoms with van der Waals surface area (Å²) in [7, 11) is 0. The Morgan fingerprint density at radius 1 is 1.03 bits per heavy atom. The molecule has 0 saturated carbocycles. The second kappa shape index (κ2) is 9.30. The van der Waals surface area contributed by atoms with Crippen LogP contribution in [0.4, 0.5) is 15.8 Å². The molecule has 0 radical (unpaired) electrons. The first-order chi connectivity index (χ1) is 14.0. The van der Waals surface area contributed by atoms with Gasteiger partial charge in [-0.1, -0.05) is 41.9 Å². The van der Waals surface area contributed by atoms with Crippen LogP contribution in [0.5, 0.6) is 0 Å². The Morgan fingerprint density at radius 3 is 2.38 bits per heavy atom. The van der Waals surface area contributed by atoms with Gasteiger partial charge in [-0.3, -0.25) is 14.9 Å². The topological polar surface area (TPSA) is 63.4 Å². The van der Waals surface area contributed by atoms with Crippen molar-refractivity contribution >= 4 is 28.9 Å². The van der Waals surface area contributed by atoms with E-state index >= 15 is 0 Å². The van der Waals surface area contributed by atoms with Crippen LogP contribution in [0.25, 0.3) is 0 Å². The van der Waals surface area contributed by atoms with Crippen molar-refractivity contribution in [2.45, 2.75) is 12.8 Å². The molecule has 0 atom stereocenters. The Labute approximate surface area is 172 Å². The molecule has 0 unspecified atom stereocenters. The lowest BCUT2D eigenvalue weighted by atomic mass is 10.1. The fourth-order valence-corrected chi connectivity index (χ4v) is 3.18. The zero-order valence-electron chi connectivity index (χ0n) is 15.4. The van der Waals surface area contributed by atoms with Crippen LogP contribution in [-0.2, 0) is 6.42 Å². The summed E-state index contributed by atoms with van der Waals surface area (Å²) in [6.45, 7) is 0.371. The third kappa shape index (κ3) is 5.18. The van der Waals surface area contributed by atoms with Crippen molar-refractivity contribution in [3.8, 4) is 0 Å². The average molecular weight is 413 g/mol. The van der Waals surface area contributed by atoms with Crippen LogP contribution in [0.3, 0.4) is 0 Å². The monoisotopic (exact) mass is 412 g/mol. The maximum Gasteiger partial charge on any atom is 0.288 e. The molecular weight excluding hydrogens is 395 g/mol. The lowest BCUT2D eigenvalue weighted by Gasteiger charge is -2.23. The first-order valence-electron chi connectivity index (χ1n) is 9.01. The van der Waals surface area contributed by atoms with E-state index in [4.69, 9.17) is 11.6 Å². The predicted molar refractivity (Wildman–Crippen MR) is 111 cm³/mol. The van der Waals surface area contributed by atoms with Crippen LogP contribution in [0.2, 0.25) is 5.02 Å². The standard InChI is InChI=1S/C22H18ClFN2O3/c23-20-13-8-17(15-21(20)26(28)29)22(27)25(19-11-9-18(24)10-12-19)14-4-7-16-5-2-1-3-6-16/h1-3,5-6,8-13,15H,4,7,14H2. The van der Waals surface area contributed by atoms with E-state index in [9.17, 15) is 19.3 Å². The van der Waals surface area contributed by atoms with Gasteiger partial charge in [-0.25, -0.2) is 4.39 Å². The maximum atomic E-state index is 13.3. The molecule has 5 nitrogen and oxygen atoms in total. The largest absolute Gasteiger partial charge is 0.308 e. The van der Waals surface area contributed by atoms with Gasteiger partial charge in [0.25, 0.3) is 11.6 Å². The molecule has 1 amide bonds. The van der Waals surface area contributed by atoms with Crippen LogP contribution in [0.1, 0.15) is 22.3 Å². The van der Waals surface area contributed by atoms with Gasteiger partial charge in [-0.2, -0.15) is 0 Å². The van der Waals surface area contributed by atoms with Gasteiger partial charge in [0.1, 0.15) is 10.8 Å². The summed E-state index contributed by atoms with van der Waals surface area (Å²) in [5.41, 5.74) is 1.47. The number of aryl methyl sites for hydroxylation is 1. The van der Waals surface area contributed by atoms with Crippen LogP contribution >= 0.6 is 11.6 Å². The first kappa shape index (κ1) is 20.5. The van der Waals surface area contributed by atoms with E-state index in [0.29, 0.717) is 18.7 Å². The Kier molecular flexibility index (Phi) is 6.57. The van der Waals surface area contributed by atoms with E-state index < -0.39 is 16.6 Å². The normalized spacial score (nSPS) is 10.6. The number of nitro benzene ring substituents is 1. The van der Waals surface area contributed by atoms with Crippen molar-refractivity contribution in [1.29, 1.82) is 0 Å². The highest BCUT2D eigenvalue weighted by molar-refractivity contribution is 6.32. The Hall–Kier alpha value is -3.25. The minimum absolute atomic E-state index is 0.0380. The van der Waals surface area contributed by atoms with Crippen molar-refractivity contribution < 1.29 is 14.1 Å². The number of nitrogens with zero attached hydrogens (tertiary/aromatic N) is 2. The average Bonchev–Trinajstić information content (AvgIpc) is 2.72. The zero-order valence-corrected chi connectivity index (χ0v) is 16.2. The second-order valence-electron chi connectivity index (χ2n) is 6.45. The number of carbonyl (C=O) groups is 1. The molecule has 0 N–H and O–H groups in total. The minimum Gasteiger partial charge on any atom is -0.308 e. The molecule has 3 rings (SSSR count). The molecular formula is C22H18ClFN2O3. The van der Waals surface area contributed by atoms with Gasteiger partial charge >= 0.3 is 0 Å². The van der Waals surface area contributed by atoms with Crippen molar-refractivity contribution in [3.05, 3.63) is 105 Å². The number of carbonyl (C=O) groups excluding carboxylic acids is 1. The summed E-state index contributed by atoms with van der Waals surface area (Å²) in [6, 6.07) is 19.4. The summed E-state index contributed by atoms with van der Waals surface area (Å²) in [5.74, 6) is -0.822. The molecule has 0 heterocycles. The highest BCUT2D eigenvalue weighted by Gasteiger charge is 2.22. The minimum atomic E-state index is -0.628. The molecule has 29 heavy (non-hydrogen) atoms. The Morgan fingerprint density at radius 2 is 1.72 bits per heavy atom. The quantitative estimate of drug-likeness (QED) is 0.371. The second-order valence-corrected chi connectivity index (χ2v) is 6.85. The first-order valence-corrected chi connectivity index (χ1v) is 9.39. The molecule has 3 aromatic rings. The zero-order chi connectivity index (χ0) is 20.8. The van der Waals surface area contributed by atoms with Gasteiger partial charge in [0, 0.05) is 23.9 Å². The number of halogens is 2. The van der Waals surface area contributed by atoms with Crippen molar-refractivity contribution in [2.75, 3.05) is 11.4 Å². The Balaban J connectivity index is 1.85. The number of amides is 1. The predicted octanol–water partition coefficient (Wildman–Crippen LogP) is 5.67. The summed E-state index contributed by atoms with van der Waals surface area (Å²) < 4.78 is 13.3. The van der Waals surface area contributed by atoms with Gasteiger partial charge < -0.3 is 4.90 Å². The van der Waals surface area contributed by atoms with Crippen molar-refractivity contribution in [1.82, 2.24) is 0 Å². The van der Waals surface area contributed by atoms with Crippen LogP contribution in [0.15, 0.2) is 72.8 Å². The molecule has 148 valence electrons. The van der Waals surface area contributed by atoms with Crippen LogP contribution in [-0.4, -0.2) is 17.4 Å². The van der Waals surface area contributed by atoms with Gasteiger partial charge in [-0.15, -0.1) is 0 Å². The molecule has 0 fully saturated rings. The number of anilines is 1. The molecule has 0 aliphatic carbocycles. The summed E-state index contributed by atoms with van der Waals surface area (Å²) in [6.07, 6.45) is 1.43. The molecule has 0 aliphatic rings. The maximum absolute atomic E-state index is 13.3. The van der Waals surface area contributed by atoms with Gasteiger partial charge in [0.15, 0.2) is 0 Å². The lowest BCUT2D eigenvalue weighted by Crippen LogP contribution is -2.32. The van der Waals surface area contributed by atoms with Crippen molar-refractivity contribution in [3.63, 3.8) is 0 Å². The summed E-state index contributed by atoms with van der Waals surface area (Å²) in [5, 5.41) is 11.1. The highest BCUT2D eigenvalue weighted by Crippen LogP contribution is 2.27. The van der Waals surface area contributed by atoms with E-state index in [1.54, 1.807) is 0 Å². The molecule has 7 heteroatoms. The van der Waals surface area contributed by atoms with Gasteiger partial charge in [-0.05, 0) is 54.8 Å². The smallest absolute Gasteiger partial charge is 0.288 e. The van der Waals surface area contributed by atoms with Crippen LogP contribution < -0.4 is 4.90 Å². The van der Waals surface area contributed by atoms with Gasteiger partial charge in [0.05, 0.1) is 4.92 Å². The van der Waals surface area contributed by atoms with E-state index in [2.05, 4.69) is 0 Å². The molecule has 0 aliphatic heterocycles. The summed E-state index contributed by atoms with van der Waals surface area (Å²) in [4.78, 5) is 25.1. The lowest BCUT2D eigenvalue weighted by molar-refractivity contribution is -0.384. The highest BCUT2D eigenvalue weighted by atomic mass is 35.5. The van der Waals surface area contributed by atoms with E-state index in [1.165, 1.54) is 47.4 Å². The fraction of sp³-hybridized carbons (Fsp3) is 0.136. The van der Waals surface area contributed by atoms with Crippen LogP contribution in [0, 0.1) is 15.9 Å². The van der Waals surface area contributed by atoms with E-state index in [0.717, 1.165) is 12.0 Å². The van der Waals surface area contributed by atoms with Crippen molar-refractivity contribution in [2.24, 2.45) is 0 Å². The van der Waals surface area contributed by atoms with E-state index in [1.807, 2.05) is 30.3 Å². The SMILES string of the molecule is O=C(c1ccc(Cl)c([N+](=O)[O-])c1)N(CCCc1ccccc1)c1ccc(F)cc1. The molecule has 0 aromatic heterocycles. The third-order valence-electron chi connectivity index (χ3n) is 4.46. The number of hydrogen-bond donors (Lipinski definition) is 0. The third-order valence-corrected chi connectivity index (χ3v) is 4.78. The number of rotatable bonds is 7. The molecule has 3 aromatic carbocycles. The number of hydrogen-bond acceptors (Lipinski definition) is 3.